The number of nitrogens with zero attached hydrogens (tertiary/aromatic N) is 1. The van der Waals surface area contributed by atoms with E-state index in [2.05, 4.69) is 85.4 Å². The highest BCUT2D eigenvalue weighted by Crippen LogP contribution is 2.61. The fourth-order valence-corrected chi connectivity index (χ4v) is 4.93. The molecule has 0 aromatic heterocycles. The van der Waals surface area contributed by atoms with Crippen molar-refractivity contribution in [3.8, 4) is 0 Å². The Morgan fingerprint density at radius 1 is 0.958 bits per heavy atom. The predicted molar refractivity (Wildman–Crippen MR) is 105 cm³/mol. The van der Waals surface area contributed by atoms with Crippen LogP contribution in [-0.4, -0.2) is 19.2 Å². The van der Waals surface area contributed by atoms with Gasteiger partial charge >= 0.3 is 0 Å². The number of methoxy groups -OCH3 is 1. The first-order valence-electron chi connectivity index (χ1n) is 9.16. The third-order valence-corrected chi connectivity index (χ3v) is 5.91. The van der Waals surface area contributed by atoms with Crippen molar-refractivity contribution in [3.05, 3.63) is 29.3 Å². The summed E-state index contributed by atoms with van der Waals surface area (Å²) in [5, 5.41) is 0. The summed E-state index contributed by atoms with van der Waals surface area (Å²) in [5.41, 5.74) is 4.68. The normalized spacial score (nSPS) is 18.0. The summed E-state index contributed by atoms with van der Waals surface area (Å²) in [7, 11) is 1.80. The van der Waals surface area contributed by atoms with Crippen molar-refractivity contribution in [2.45, 2.75) is 79.9 Å². The molecule has 1 aromatic rings. The van der Waals surface area contributed by atoms with Crippen molar-refractivity contribution >= 4 is 5.69 Å². The van der Waals surface area contributed by atoms with Crippen LogP contribution >= 0.6 is 0 Å². The van der Waals surface area contributed by atoms with Gasteiger partial charge in [-0.2, -0.15) is 0 Å². The highest BCUT2D eigenvalue weighted by Gasteiger charge is 2.58. The second-order valence-electron chi connectivity index (χ2n) is 10.4. The average molecular weight is 332 g/mol. The van der Waals surface area contributed by atoms with Crippen LogP contribution in [0.1, 0.15) is 73.4 Å². The molecule has 0 amide bonds. The van der Waals surface area contributed by atoms with Crippen molar-refractivity contribution in [2.24, 2.45) is 10.8 Å². The van der Waals surface area contributed by atoms with Crippen LogP contribution in [0.25, 0.3) is 0 Å². The fourth-order valence-electron chi connectivity index (χ4n) is 4.93. The van der Waals surface area contributed by atoms with Crippen LogP contribution < -0.4 is 4.90 Å². The monoisotopic (exact) mass is 331 g/mol. The van der Waals surface area contributed by atoms with Gasteiger partial charge in [0, 0.05) is 30.3 Å². The van der Waals surface area contributed by atoms with Gasteiger partial charge in [0.1, 0.15) is 0 Å². The largest absolute Gasteiger partial charge is 0.380 e. The molecule has 2 nitrogen and oxygen atoms in total. The first-order valence-corrected chi connectivity index (χ1v) is 9.16. The van der Waals surface area contributed by atoms with E-state index < -0.39 is 0 Å². The van der Waals surface area contributed by atoms with Crippen LogP contribution in [0.2, 0.25) is 0 Å². The predicted octanol–water partition coefficient (Wildman–Crippen LogP) is 5.78. The van der Waals surface area contributed by atoms with Crippen molar-refractivity contribution in [1.82, 2.24) is 0 Å². The van der Waals surface area contributed by atoms with Gasteiger partial charge in [0.25, 0.3) is 0 Å². The number of anilines is 1. The number of hydrogen-bond acceptors (Lipinski definition) is 2. The Balaban J connectivity index is 2.87. The Labute approximate surface area is 149 Å². The standard InChI is InChI=1S/C22H37NO/c1-19(2,3)22(20(4,5)6)15-23(21(7,8)9)17-13-11-12-16(14-24-10)18(17)22/h11-13H,14-15H2,1-10H3. The van der Waals surface area contributed by atoms with E-state index in [9.17, 15) is 0 Å². The van der Waals surface area contributed by atoms with Crippen LogP contribution in [0.5, 0.6) is 0 Å². The SMILES string of the molecule is COCc1cccc2c1C(C(C)(C)C)(C(C)(C)C)CN2C(C)(C)C. The van der Waals surface area contributed by atoms with Gasteiger partial charge in [-0.15, -0.1) is 0 Å². The first-order chi connectivity index (χ1) is 10.8. The number of rotatable bonds is 2. The lowest BCUT2D eigenvalue weighted by Gasteiger charge is -2.53. The molecule has 1 heterocycles. The van der Waals surface area contributed by atoms with Crippen LogP contribution in [-0.2, 0) is 16.8 Å². The quantitative estimate of drug-likeness (QED) is 0.681. The second kappa shape index (κ2) is 5.76. The molecule has 0 radical (unpaired) electrons. The molecule has 0 fully saturated rings. The molecule has 1 aliphatic heterocycles. The van der Waals surface area contributed by atoms with Gasteiger partial charge in [-0.05, 0) is 48.8 Å². The van der Waals surface area contributed by atoms with E-state index in [4.69, 9.17) is 4.74 Å². The fraction of sp³-hybridized carbons (Fsp3) is 0.727. The summed E-state index contributed by atoms with van der Waals surface area (Å²) in [6.45, 7) is 23.1. The van der Waals surface area contributed by atoms with Crippen molar-refractivity contribution in [2.75, 3.05) is 18.6 Å². The van der Waals surface area contributed by atoms with E-state index in [1.807, 2.05) is 0 Å². The number of hydrogen-bond donors (Lipinski definition) is 0. The Bertz CT molecular complexity index is 582. The summed E-state index contributed by atoms with van der Waals surface area (Å²) in [4.78, 5) is 2.61. The smallest absolute Gasteiger partial charge is 0.0716 e. The van der Waals surface area contributed by atoms with Gasteiger partial charge in [-0.25, -0.2) is 0 Å². The zero-order valence-electron chi connectivity index (χ0n) is 17.5. The van der Waals surface area contributed by atoms with Gasteiger partial charge in [0.2, 0.25) is 0 Å². The molecule has 1 aliphatic rings. The molecule has 0 saturated carbocycles. The molecule has 0 spiro atoms. The van der Waals surface area contributed by atoms with Crippen LogP contribution in [0.4, 0.5) is 5.69 Å². The lowest BCUT2D eigenvalue weighted by Crippen LogP contribution is -2.55. The number of benzene rings is 1. The van der Waals surface area contributed by atoms with Crippen LogP contribution in [0.3, 0.4) is 0 Å². The third-order valence-electron chi connectivity index (χ3n) is 5.91. The lowest BCUT2D eigenvalue weighted by atomic mass is 9.51. The van der Waals surface area contributed by atoms with Crippen molar-refractivity contribution in [1.29, 1.82) is 0 Å². The van der Waals surface area contributed by atoms with Crippen LogP contribution in [0, 0.1) is 10.8 Å². The van der Waals surface area contributed by atoms with Gasteiger partial charge < -0.3 is 9.64 Å². The maximum absolute atomic E-state index is 5.57. The maximum atomic E-state index is 5.57. The molecule has 2 heteroatoms. The minimum atomic E-state index is 0.0672. The Hall–Kier alpha value is -1.02. The molecule has 0 aliphatic carbocycles. The maximum Gasteiger partial charge on any atom is 0.0716 e. The second-order valence-corrected chi connectivity index (χ2v) is 10.4. The summed E-state index contributed by atoms with van der Waals surface area (Å²) >= 11 is 0. The molecule has 0 unspecified atom stereocenters. The third kappa shape index (κ3) is 2.77. The number of fused-ring (bicyclic) bond motifs is 1. The van der Waals surface area contributed by atoms with Gasteiger partial charge in [0.05, 0.1) is 6.61 Å². The highest BCUT2D eigenvalue weighted by molar-refractivity contribution is 5.68. The molecular formula is C22H37NO. The molecule has 136 valence electrons. The van der Waals surface area contributed by atoms with Gasteiger partial charge in [-0.3, -0.25) is 0 Å². The molecule has 0 bridgehead atoms. The molecular weight excluding hydrogens is 294 g/mol. The molecule has 24 heavy (non-hydrogen) atoms. The van der Waals surface area contributed by atoms with Gasteiger partial charge in [-0.1, -0.05) is 53.7 Å². The highest BCUT2D eigenvalue weighted by atomic mass is 16.5. The minimum Gasteiger partial charge on any atom is -0.380 e. The lowest BCUT2D eigenvalue weighted by molar-refractivity contribution is 0.0609. The van der Waals surface area contributed by atoms with E-state index in [0.717, 1.165) is 6.54 Å². The summed E-state index contributed by atoms with van der Waals surface area (Å²) in [6, 6.07) is 6.74. The molecule has 1 aromatic carbocycles. The zero-order valence-corrected chi connectivity index (χ0v) is 17.5. The Kier molecular flexibility index (Phi) is 4.63. The molecule has 0 saturated heterocycles. The molecule has 0 N–H and O–H groups in total. The average Bonchev–Trinajstić information content (AvgIpc) is 2.75. The van der Waals surface area contributed by atoms with Crippen molar-refractivity contribution in [3.63, 3.8) is 0 Å². The van der Waals surface area contributed by atoms with Crippen LogP contribution in [0.15, 0.2) is 18.2 Å². The van der Waals surface area contributed by atoms with E-state index in [1.54, 1.807) is 7.11 Å². The summed E-state index contributed by atoms with van der Waals surface area (Å²) in [6.07, 6.45) is 0. The van der Waals surface area contributed by atoms with E-state index in [-0.39, 0.29) is 21.8 Å². The van der Waals surface area contributed by atoms with E-state index >= 15 is 0 Å². The summed E-state index contributed by atoms with van der Waals surface area (Å²) in [5.74, 6) is 0. The zero-order chi connectivity index (χ0) is 18.6. The van der Waals surface area contributed by atoms with Crippen molar-refractivity contribution < 1.29 is 4.74 Å². The summed E-state index contributed by atoms with van der Waals surface area (Å²) < 4.78 is 5.57. The van der Waals surface area contributed by atoms with E-state index in [1.165, 1.54) is 16.8 Å². The Morgan fingerprint density at radius 2 is 1.50 bits per heavy atom. The topological polar surface area (TPSA) is 12.5 Å². The molecule has 0 atom stereocenters. The number of ether oxygens (including phenoxy) is 1. The minimum absolute atomic E-state index is 0.0672. The van der Waals surface area contributed by atoms with E-state index in [0.29, 0.717) is 6.61 Å². The molecule has 2 rings (SSSR count). The van der Waals surface area contributed by atoms with Gasteiger partial charge in [0.15, 0.2) is 0 Å². The Morgan fingerprint density at radius 3 is 1.92 bits per heavy atom. The first kappa shape index (κ1) is 19.3.